The van der Waals surface area contributed by atoms with Crippen molar-refractivity contribution in [3.63, 3.8) is 0 Å². The van der Waals surface area contributed by atoms with Crippen LogP contribution in [0.3, 0.4) is 0 Å². The van der Waals surface area contributed by atoms with Gasteiger partial charge in [-0.3, -0.25) is 4.79 Å². The molecule has 0 aliphatic heterocycles. The molecule has 2 atom stereocenters. The summed E-state index contributed by atoms with van der Waals surface area (Å²) in [4.78, 5) is 12.4. The minimum atomic E-state index is 0. The number of hydrogen-bond donors (Lipinski definition) is 2. The summed E-state index contributed by atoms with van der Waals surface area (Å²) in [5.41, 5.74) is 8.80. The summed E-state index contributed by atoms with van der Waals surface area (Å²) in [5.74, 6) is 0.654. The summed E-state index contributed by atoms with van der Waals surface area (Å²) in [7, 11) is 0. The van der Waals surface area contributed by atoms with E-state index in [0.717, 1.165) is 24.1 Å². The van der Waals surface area contributed by atoms with Crippen molar-refractivity contribution in [1.82, 2.24) is 5.32 Å². The lowest BCUT2D eigenvalue weighted by Crippen LogP contribution is -2.43. The van der Waals surface area contributed by atoms with Gasteiger partial charge in [0.05, 0.1) is 6.42 Å². The van der Waals surface area contributed by atoms with Crippen molar-refractivity contribution in [1.29, 1.82) is 0 Å². The second-order valence-corrected chi connectivity index (χ2v) is 6.83. The number of nitrogens with two attached hydrogens (primary N) is 1. The molecule has 0 heterocycles. The Morgan fingerprint density at radius 1 is 0.960 bits per heavy atom. The van der Waals surface area contributed by atoms with Gasteiger partial charge in [-0.05, 0) is 48.4 Å². The summed E-state index contributed by atoms with van der Waals surface area (Å²) < 4.78 is 0. The van der Waals surface area contributed by atoms with Gasteiger partial charge in [0.1, 0.15) is 0 Å². The first kappa shape index (κ1) is 19.3. The molecule has 3 nitrogen and oxygen atoms in total. The molecule has 3 N–H and O–H groups in total. The first-order valence-corrected chi connectivity index (χ1v) is 8.88. The Balaban J connectivity index is 0.00000225. The Kier molecular flexibility index (Phi) is 7.32. The van der Waals surface area contributed by atoms with E-state index in [4.69, 9.17) is 5.73 Å². The predicted octanol–water partition coefficient (Wildman–Crippen LogP) is 4.15. The summed E-state index contributed by atoms with van der Waals surface area (Å²) in [6.45, 7) is 0. The standard InChI is InChI=1S/C21H26N2O.ClH/c22-19-12-10-17(11-13-19)15-21(24)23-20-9-5-4-8-18(20)14-16-6-2-1-3-7-16;/h1-3,6-7,10-13,18,20H,4-5,8-9,14-15,22H2,(H,23,24);1H. The van der Waals surface area contributed by atoms with E-state index in [2.05, 4.69) is 35.6 Å². The molecular formula is C21H27ClN2O. The highest BCUT2D eigenvalue weighted by Crippen LogP contribution is 2.27. The van der Waals surface area contributed by atoms with E-state index in [-0.39, 0.29) is 18.3 Å². The van der Waals surface area contributed by atoms with Crippen molar-refractivity contribution in [2.75, 3.05) is 5.73 Å². The molecular weight excluding hydrogens is 332 g/mol. The Labute approximate surface area is 156 Å². The number of nitrogen functional groups attached to an aromatic ring is 1. The number of carbonyl (C=O) groups excluding carboxylic acids is 1. The van der Waals surface area contributed by atoms with E-state index in [1.54, 1.807) is 0 Å². The number of hydrogen-bond acceptors (Lipinski definition) is 2. The summed E-state index contributed by atoms with van der Waals surface area (Å²) in [5, 5.41) is 3.28. The van der Waals surface area contributed by atoms with E-state index < -0.39 is 0 Å². The molecule has 0 spiro atoms. The average molecular weight is 359 g/mol. The SMILES string of the molecule is Cl.Nc1ccc(CC(=O)NC2CCCCC2Cc2ccccc2)cc1. The normalized spacial score (nSPS) is 19.7. The van der Waals surface area contributed by atoms with Crippen LogP contribution < -0.4 is 11.1 Å². The Morgan fingerprint density at radius 3 is 2.36 bits per heavy atom. The number of amides is 1. The fourth-order valence-corrected chi connectivity index (χ4v) is 3.64. The van der Waals surface area contributed by atoms with Crippen LogP contribution in [0.15, 0.2) is 54.6 Å². The van der Waals surface area contributed by atoms with Crippen molar-refractivity contribution in [2.24, 2.45) is 5.92 Å². The lowest BCUT2D eigenvalue weighted by molar-refractivity contribution is -0.121. The molecule has 0 radical (unpaired) electrons. The molecule has 3 rings (SSSR count). The molecule has 0 bridgehead atoms. The third kappa shape index (κ3) is 5.79. The zero-order valence-electron chi connectivity index (χ0n) is 14.5. The maximum Gasteiger partial charge on any atom is 0.224 e. The maximum atomic E-state index is 12.4. The minimum absolute atomic E-state index is 0. The predicted molar refractivity (Wildman–Crippen MR) is 106 cm³/mol. The second kappa shape index (κ2) is 9.47. The van der Waals surface area contributed by atoms with Gasteiger partial charge in [-0.1, -0.05) is 55.3 Å². The van der Waals surface area contributed by atoms with E-state index in [1.807, 2.05) is 24.3 Å². The van der Waals surface area contributed by atoms with Gasteiger partial charge in [-0.25, -0.2) is 0 Å². The average Bonchev–Trinajstić information content (AvgIpc) is 2.60. The molecule has 1 aliphatic rings. The third-order valence-corrected chi connectivity index (χ3v) is 4.94. The molecule has 1 amide bonds. The Morgan fingerprint density at radius 2 is 1.64 bits per heavy atom. The topological polar surface area (TPSA) is 55.1 Å². The van der Waals surface area contributed by atoms with Crippen LogP contribution in [0.25, 0.3) is 0 Å². The van der Waals surface area contributed by atoms with Crippen LogP contribution in [0.5, 0.6) is 0 Å². The molecule has 0 aromatic heterocycles. The molecule has 1 saturated carbocycles. The van der Waals surface area contributed by atoms with Gasteiger partial charge >= 0.3 is 0 Å². The number of anilines is 1. The Hall–Kier alpha value is -2.00. The van der Waals surface area contributed by atoms with E-state index in [9.17, 15) is 4.79 Å². The minimum Gasteiger partial charge on any atom is -0.399 e. The van der Waals surface area contributed by atoms with Crippen LogP contribution in [-0.4, -0.2) is 11.9 Å². The van der Waals surface area contributed by atoms with E-state index >= 15 is 0 Å². The number of benzene rings is 2. The molecule has 0 saturated heterocycles. The zero-order chi connectivity index (χ0) is 16.8. The van der Waals surface area contributed by atoms with Crippen molar-refractivity contribution < 1.29 is 4.79 Å². The molecule has 25 heavy (non-hydrogen) atoms. The molecule has 2 aromatic rings. The fraction of sp³-hybridized carbons (Fsp3) is 0.381. The van der Waals surface area contributed by atoms with E-state index in [1.165, 1.54) is 24.8 Å². The Bertz CT molecular complexity index is 657. The fourth-order valence-electron chi connectivity index (χ4n) is 3.64. The van der Waals surface area contributed by atoms with Crippen LogP contribution in [0.2, 0.25) is 0 Å². The first-order chi connectivity index (χ1) is 11.7. The molecule has 134 valence electrons. The van der Waals surface area contributed by atoms with Crippen LogP contribution >= 0.6 is 12.4 Å². The number of carbonyl (C=O) groups is 1. The molecule has 2 aromatic carbocycles. The lowest BCUT2D eigenvalue weighted by Gasteiger charge is -2.32. The molecule has 2 unspecified atom stereocenters. The molecule has 4 heteroatoms. The van der Waals surface area contributed by atoms with Crippen molar-refractivity contribution in [3.8, 4) is 0 Å². The van der Waals surface area contributed by atoms with Crippen molar-refractivity contribution >= 4 is 24.0 Å². The maximum absolute atomic E-state index is 12.4. The largest absolute Gasteiger partial charge is 0.399 e. The highest BCUT2D eigenvalue weighted by atomic mass is 35.5. The van der Waals surface area contributed by atoms with E-state index in [0.29, 0.717) is 18.4 Å². The number of nitrogens with one attached hydrogen (secondary N) is 1. The van der Waals surface area contributed by atoms with Gasteiger partial charge in [0.15, 0.2) is 0 Å². The quantitative estimate of drug-likeness (QED) is 0.789. The van der Waals surface area contributed by atoms with Gasteiger partial charge < -0.3 is 11.1 Å². The second-order valence-electron chi connectivity index (χ2n) is 6.83. The summed E-state index contributed by atoms with van der Waals surface area (Å²) in [6.07, 6.45) is 6.23. The smallest absolute Gasteiger partial charge is 0.224 e. The van der Waals surface area contributed by atoms with Crippen molar-refractivity contribution in [3.05, 3.63) is 65.7 Å². The van der Waals surface area contributed by atoms with Crippen LogP contribution in [0.4, 0.5) is 5.69 Å². The monoisotopic (exact) mass is 358 g/mol. The third-order valence-electron chi connectivity index (χ3n) is 4.94. The number of rotatable bonds is 5. The van der Waals surface area contributed by atoms with Gasteiger partial charge in [0.25, 0.3) is 0 Å². The highest BCUT2D eigenvalue weighted by Gasteiger charge is 2.26. The van der Waals surface area contributed by atoms with Crippen LogP contribution in [0.1, 0.15) is 36.8 Å². The van der Waals surface area contributed by atoms with Gasteiger partial charge in [0.2, 0.25) is 5.91 Å². The molecule has 1 aliphatic carbocycles. The molecule has 1 fully saturated rings. The lowest BCUT2D eigenvalue weighted by atomic mass is 9.80. The van der Waals surface area contributed by atoms with Crippen molar-refractivity contribution in [2.45, 2.75) is 44.6 Å². The summed E-state index contributed by atoms with van der Waals surface area (Å²) in [6, 6.07) is 18.4. The van der Waals surface area contributed by atoms with Crippen LogP contribution in [0, 0.1) is 5.92 Å². The van der Waals surface area contributed by atoms with Crippen LogP contribution in [-0.2, 0) is 17.6 Å². The highest BCUT2D eigenvalue weighted by molar-refractivity contribution is 5.85. The number of halogens is 1. The van der Waals surface area contributed by atoms with Gasteiger partial charge in [-0.15, -0.1) is 12.4 Å². The van der Waals surface area contributed by atoms with Gasteiger partial charge in [-0.2, -0.15) is 0 Å². The summed E-state index contributed by atoms with van der Waals surface area (Å²) >= 11 is 0. The first-order valence-electron chi connectivity index (χ1n) is 8.88. The van der Waals surface area contributed by atoms with Gasteiger partial charge in [0, 0.05) is 11.7 Å². The zero-order valence-corrected chi connectivity index (χ0v) is 15.3.